The Balaban J connectivity index is 2.60. The molecule has 0 saturated carbocycles. The number of esters is 1. The van der Waals surface area contributed by atoms with Gasteiger partial charge in [-0.1, -0.05) is 24.9 Å². The molecule has 0 heterocycles. The van der Waals surface area contributed by atoms with E-state index in [0.29, 0.717) is 10.7 Å². The largest absolute Gasteiger partial charge is 0.449 e. The molecule has 1 amide bonds. The van der Waals surface area contributed by atoms with Gasteiger partial charge in [0.2, 0.25) is 0 Å². The minimum absolute atomic E-state index is 0.0508. The molecule has 0 saturated heterocycles. The van der Waals surface area contributed by atoms with Crippen molar-refractivity contribution in [2.75, 3.05) is 5.73 Å². The summed E-state index contributed by atoms with van der Waals surface area (Å²) in [5.41, 5.74) is 6.18. The van der Waals surface area contributed by atoms with Gasteiger partial charge in [-0.25, -0.2) is 4.79 Å². The Bertz CT molecular complexity index is 520. The average Bonchev–Trinajstić information content (AvgIpc) is 2.41. The molecule has 0 aliphatic rings. The van der Waals surface area contributed by atoms with E-state index in [1.165, 1.54) is 25.1 Å². The first-order chi connectivity index (χ1) is 9.85. The van der Waals surface area contributed by atoms with E-state index in [1.54, 1.807) is 0 Å². The second-order valence-corrected chi connectivity index (χ2v) is 5.39. The van der Waals surface area contributed by atoms with Gasteiger partial charge in [-0.2, -0.15) is 0 Å². The molecule has 2 unspecified atom stereocenters. The van der Waals surface area contributed by atoms with Gasteiger partial charge in [0.25, 0.3) is 5.91 Å². The molecule has 0 bridgehead atoms. The number of benzene rings is 1. The van der Waals surface area contributed by atoms with Crippen LogP contribution in [0.15, 0.2) is 18.2 Å². The van der Waals surface area contributed by atoms with E-state index in [1.807, 2.05) is 13.8 Å². The number of nitrogens with two attached hydrogens (primary N) is 1. The highest BCUT2D eigenvalue weighted by molar-refractivity contribution is 6.33. The first kappa shape index (κ1) is 17.3. The van der Waals surface area contributed by atoms with E-state index in [9.17, 15) is 9.59 Å². The van der Waals surface area contributed by atoms with Crippen LogP contribution in [0.2, 0.25) is 5.02 Å². The lowest BCUT2D eigenvalue weighted by molar-refractivity contribution is -0.129. The average molecular weight is 313 g/mol. The van der Waals surface area contributed by atoms with Crippen LogP contribution < -0.4 is 11.1 Å². The molecule has 0 spiro atoms. The SMILES string of the molecule is CCCC(C)NC(=O)C(C)OC(=O)c1ccc(Cl)c(N)c1. The van der Waals surface area contributed by atoms with Crippen molar-refractivity contribution in [3.63, 3.8) is 0 Å². The first-order valence-electron chi connectivity index (χ1n) is 6.91. The second-order valence-electron chi connectivity index (χ2n) is 4.98. The smallest absolute Gasteiger partial charge is 0.338 e. The van der Waals surface area contributed by atoms with E-state index in [0.717, 1.165) is 12.8 Å². The van der Waals surface area contributed by atoms with Crippen LogP contribution in [0.3, 0.4) is 0 Å². The molecule has 0 aliphatic carbocycles. The normalized spacial score (nSPS) is 13.3. The van der Waals surface area contributed by atoms with Crippen LogP contribution in [-0.2, 0) is 9.53 Å². The van der Waals surface area contributed by atoms with Crippen LogP contribution in [0.25, 0.3) is 0 Å². The lowest BCUT2D eigenvalue weighted by Crippen LogP contribution is -2.40. The number of hydrogen-bond donors (Lipinski definition) is 2. The highest BCUT2D eigenvalue weighted by Gasteiger charge is 2.20. The summed E-state index contributed by atoms with van der Waals surface area (Å²) in [6.45, 7) is 5.48. The monoisotopic (exact) mass is 312 g/mol. The predicted molar refractivity (Wildman–Crippen MR) is 83.3 cm³/mol. The Morgan fingerprint density at radius 3 is 2.62 bits per heavy atom. The Hall–Kier alpha value is -1.75. The number of rotatable bonds is 6. The van der Waals surface area contributed by atoms with Gasteiger partial charge in [-0.3, -0.25) is 4.79 Å². The lowest BCUT2D eigenvalue weighted by Gasteiger charge is -2.17. The number of nitrogen functional groups attached to an aromatic ring is 1. The number of amides is 1. The van der Waals surface area contributed by atoms with Crippen LogP contribution in [0.1, 0.15) is 44.0 Å². The van der Waals surface area contributed by atoms with Crippen LogP contribution in [0.5, 0.6) is 0 Å². The molecule has 1 rings (SSSR count). The third-order valence-electron chi connectivity index (χ3n) is 3.00. The molecular weight excluding hydrogens is 292 g/mol. The number of nitrogens with one attached hydrogen (secondary N) is 1. The topological polar surface area (TPSA) is 81.4 Å². The fourth-order valence-electron chi connectivity index (χ4n) is 1.82. The maximum atomic E-state index is 11.9. The van der Waals surface area contributed by atoms with Crippen molar-refractivity contribution in [3.8, 4) is 0 Å². The van der Waals surface area contributed by atoms with Crippen LogP contribution in [0, 0.1) is 0 Å². The van der Waals surface area contributed by atoms with Gasteiger partial charge in [0.1, 0.15) is 0 Å². The number of carbonyl (C=O) groups is 2. The summed E-state index contributed by atoms with van der Waals surface area (Å²) in [7, 11) is 0. The van der Waals surface area contributed by atoms with Crippen LogP contribution >= 0.6 is 11.6 Å². The van der Waals surface area contributed by atoms with E-state index in [-0.39, 0.29) is 17.5 Å². The van der Waals surface area contributed by atoms with Gasteiger partial charge in [0.05, 0.1) is 16.3 Å². The zero-order valence-electron chi connectivity index (χ0n) is 12.5. The van der Waals surface area contributed by atoms with E-state index in [4.69, 9.17) is 22.1 Å². The number of ether oxygens (including phenoxy) is 1. The Morgan fingerprint density at radius 2 is 2.05 bits per heavy atom. The Kier molecular flexibility index (Phi) is 6.49. The zero-order valence-corrected chi connectivity index (χ0v) is 13.2. The molecule has 1 aromatic carbocycles. The fourth-order valence-corrected chi connectivity index (χ4v) is 1.94. The van der Waals surface area contributed by atoms with E-state index < -0.39 is 12.1 Å². The van der Waals surface area contributed by atoms with Crippen molar-refractivity contribution in [2.24, 2.45) is 0 Å². The standard InChI is InChI=1S/C15H21ClN2O3/c1-4-5-9(2)18-14(19)10(3)21-15(20)11-6-7-12(16)13(17)8-11/h6-10H,4-5,17H2,1-3H3,(H,18,19). The van der Waals surface area contributed by atoms with E-state index in [2.05, 4.69) is 5.32 Å². The molecule has 0 aromatic heterocycles. The summed E-state index contributed by atoms with van der Waals surface area (Å²) < 4.78 is 5.12. The molecule has 6 heteroatoms. The summed E-state index contributed by atoms with van der Waals surface area (Å²) in [6.07, 6.45) is 0.980. The van der Waals surface area contributed by atoms with Gasteiger partial charge in [-0.15, -0.1) is 0 Å². The molecule has 2 atom stereocenters. The summed E-state index contributed by atoms with van der Waals surface area (Å²) in [4.78, 5) is 23.8. The van der Waals surface area contributed by atoms with Crippen LogP contribution in [0.4, 0.5) is 5.69 Å². The molecule has 5 nitrogen and oxygen atoms in total. The summed E-state index contributed by atoms with van der Waals surface area (Å²) >= 11 is 5.79. The number of carbonyl (C=O) groups excluding carboxylic acids is 2. The van der Waals surface area contributed by atoms with Gasteiger partial charge in [-0.05, 0) is 38.5 Å². The third-order valence-corrected chi connectivity index (χ3v) is 3.34. The summed E-state index contributed by atoms with van der Waals surface area (Å²) in [6, 6.07) is 4.50. The number of hydrogen-bond acceptors (Lipinski definition) is 4. The zero-order chi connectivity index (χ0) is 16.0. The number of halogens is 1. The highest BCUT2D eigenvalue weighted by Crippen LogP contribution is 2.20. The molecule has 0 aliphatic heterocycles. The van der Waals surface area contributed by atoms with Gasteiger partial charge >= 0.3 is 5.97 Å². The number of anilines is 1. The van der Waals surface area contributed by atoms with Crippen LogP contribution in [-0.4, -0.2) is 24.0 Å². The van der Waals surface area contributed by atoms with Crippen molar-refractivity contribution in [1.29, 1.82) is 0 Å². The maximum Gasteiger partial charge on any atom is 0.338 e. The quantitative estimate of drug-likeness (QED) is 0.625. The summed E-state index contributed by atoms with van der Waals surface area (Å²) in [5.74, 6) is -0.921. The third kappa shape index (κ3) is 5.27. The fraction of sp³-hybridized carbons (Fsp3) is 0.467. The van der Waals surface area contributed by atoms with Crippen molar-refractivity contribution in [2.45, 2.75) is 45.8 Å². The van der Waals surface area contributed by atoms with Gasteiger partial charge in [0.15, 0.2) is 6.10 Å². The Labute approximate surface area is 129 Å². The molecule has 21 heavy (non-hydrogen) atoms. The molecule has 3 N–H and O–H groups in total. The van der Waals surface area contributed by atoms with E-state index >= 15 is 0 Å². The molecule has 116 valence electrons. The van der Waals surface area contributed by atoms with Gasteiger partial charge in [0, 0.05) is 6.04 Å². The lowest BCUT2D eigenvalue weighted by atomic mass is 10.2. The molecule has 1 aromatic rings. The molecule has 0 fully saturated rings. The molecular formula is C15H21ClN2O3. The van der Waals surface area contributed by atoms with Gasteiger partial charge < -0.3 is 15.8 Å². The predicted octanol–water partition coefficient (Wildman–Crippen LogP) is 2.77. The highest BCUT2D eigenvalue weighted by atomic mass is 35.5. The van der Waals surface area contributed by atoms with Crippen molar-refractivity contribution < 1.29 is 14.3 Å². The minimum atomic E-state index is -0.867. The van der Waals surface area contributed by atoms with Crippen molar-refractivity contribution in [3.05, 3.63) is 28.8 Å². The summed E-state index contributed by atoms with van der Waals surface area (Å²) in [5, 5.41) is 3.16. The molecule has 0 radical (unpaired) electrons. The minimum Gasteiger partial charge on any atom is -0.449 e. The maximum absolute atomic E-state index is 11.9. The van der Waals surface area contributed by atoms with Crippen molar-refractivity contribution >= 4 is 29.2 Å². The first-order valence-corrected chi connectivity index (χ1v) is 7.29. The second kappa shape index (κ2) is 7.88. The van der Waals surface area contributed by atoms with Crippen molar-refractivity contribution in [1.82, 2.24) is 5.32 Å². The Morgan fingerprint density at radius 1 is 1.38 bits per heavy atom.